The zero-order valence-corrected chi connectivity index (χ0v) is 18.3. The number of para-hydroxylation sites is 1. The Labute approximate surface area is 181 Å². The minimum Gasteiger partial charge on any atom is -0.494 e. The van der Waals surface area contributed by atoms with E-state index in [1.807, 2.05) is 34.9 Å². The van der Waals surface area contributed by atoms with Gasteiger partial charge >= 0.3 is 0 Å². The van der Waals surface area contributed by atoms with E-state index in [2.05, 4.69) is 4.90 Å². The van der Waals surface area contributed by atoms with E-state index in [4.69, 9.17) is 9.72 Å². The van der Waals surface area contributed by atoms with Gasteiger partial charge in [0.25, 0.3) is 5.56 Å². The molecule has 3 heterocycles. The number of benzene rings is 1. The summed E-state index contributed by atoms with van der Waals surface area (Å²) in [7, 11) is 0. The van der Waals surface area contributed by atoms with E-state index in [1.165, 1.54) is 36.1 Å². The summed E-state index contributed by atoms with van der Waals surface area (Å²) >= 11 is 1.75. The molecular weight excluding hydrogens is 394 g/mol. The van der Waals surface area contributed by atoms with Gasteiger partial charge in [0, 0.05) is 11.4 Å². The maximum atomic E-state index is 13.6. The first-order chi connectivity index (χ1) is 14.8. The molecule has 0 spiro atoms. The molecular formula is C24H29N3O2S. The van der Waals surface area contributed by atoms with Crippen molar-refractivity contribution in [2.75, 3.05) is 19.7 Å². The fraction of sp³-hybridized carbons (Fsp3) is 0.500. The number of rotatable bonds is 7. The molecule has 0 amide bonds. The topological polar surface area (TPSA) is 47.4 Å². The number of thiophene rings is 1. The van der Waals surface area contributed by atoms with Gasteiger partial charge in [-0.1, -0.05) is 18.2 Å². The third kappa shape index (κ3) is 4.03. The molecule has 0 unspecified atom stereocenters. The molecule has 1 fully saturated rings. The molecule has 0 bridgehead atoms. The first kappa shape index (κ1) is 19.8. The van der Waals surface area contributed by atoms with Crippen molar-refractivity contribution < 1.29 is 4.74 Å². The first-order valence-electron chi connectivity index (χ1n) is 11.2. The van der Waals surface area contributed by atoms with Gasteiger partial charge in [-0.05, 0) is 75.7 Å². The Morgan fingerprint density at radius 3 is 2.67 bits per heavy atom. The molecule has 1 saturated heterocycles. The van der Waals surface area contributed by atoms with Crippen LogP contribution >= 0.6 is 11.3 Å². The molecule has 6 heteroatoms. The molecule has 0 saturated carbocycles. The maximum absolute atomic E-state index is 13.6. The van der Waals surface area contributed by atoms with Gasteiger partial charge in [0.1, 0.15) is 16.4 Å². The lowest BCUT2D eigenvalue weighted by molar-refractivity contribution is 0.290. The van der Waals surface area contributed by atoms with Gasteiger partial charge in [0.15, 0.2) is 0 Å². The lowest BCUT2D eigenvalue weighted by Crippen LogP contribution is -2.30. The van der Waals surface area contributed by atoms with E-state index in [-0.39, 0.29) is 5.56 Å². The molecule has 0 atom stereocenters. The minimum absolute atomic E-state index is 0.160. The second kappa shape index (κ2) is 8.90. The van der Waals surface area contributed by atoms with Crippen molar-refractivity contribution >= 4 is 21.6 Å². The average molecular weight is 424 g/mol. The minimum atomic E-state index is 0.160. The standard InChI is InChI=1S/C24H29N3O2S/c28-24-22-19-11-4-5-12-20(19)30-23(22)25-21(17-26-13-6-7-14-26)27(24)15-8-16-29-18-9-2-1-3-10-18/h1-3,9-10H,4-8,11-17H2. The number of aryl methyl sites for hydroxylation is 2. The maximum Gasteiger partial charge on any atom is 0.262 e. The van der Waals surface area contributed by atoms with Gasteiger partial charge in [0.2, 0.25) is 0 Å². The van der Waals surface area contributed by atoms with Crippen molar-refractivity contribution in [2.24, 2.45) is 0 Å². The highest BCUT2D eigenvalue weighted by molar-refractivity contribution is 7.18. The molecule has 1 aromatic carbocycles. The molecule has 5 rings (SSSR count). The van der Waals surface area contributed by atoms with Crippen LogP contribution in [0, 0.1) is 0 Å². The SMILES string of the molecule is O=c1c2c3c(sc2nc(CN2CCCC2)n1CCCOc1ccccc1)CCCC3. The number of hydrogen-bond acceptors (Lipinski definition) is 5. The van der Waals surface area contributed by atoms with Crippen LogP contribution in [0.1, 0.15) is 48.4 Å². The van der Waals surface area contributed by atoms with E-state index in [0.717, 1.165) is 60.7 Å². The van der Waals surface area contributed by atoms with Crippen LogP contribution in [0.2, 0.25) is 0 Å². The van der Waals surface area contributed by atoms with Crippen molar-refractivity contribution in [3.05, 3.63) is 57.0 Å². The Morgan fingerprint density at radius 1 is 1.03 bits per heavy atom. The molecule has 158 valence electrons. The smallest absolute Gasteiger partial charge is 0.262 e. The number of likely N-dealkylation sites (tertiary alicyclic amines) is 1. The number of fused-ring (bicyclic) bond motifs is 3. The normalized spacial score (nSPS) is 16.8. The quantitative estimate of drug-likeness (QED) is 0.529. The Balaban J connectivity index is 1.42. The summed E-state index contributed by atoms with van der Waals surface area (Å²) < 4.78 is 7.80. The number of nitrogens with zero attached hydrogens (tertiary/aromatic N) is 3. The van der Waals surface area contributed by atoms with E-state index in [0.29, 0.717) is 13.2 Å². The molecule has 0 radical (unpaired) electrons. The van der Waals surface area contributed by atoms with Crippen LogP contribution in [0.4, 0.5) is 0 Å². The fourth-order valence-electron chi connectivity index (χ4n) is 4.70. The second-order valence-corrected chi connectivity index (χ2v) is 9.46. The fourth-order valence-corrected chi connectivity index (χ4v) is 5.97. The highest BCUT2D eigenvalue weighted by Crippen LogP contribution is 2.34. The number of ether oxygens (including phenoxy) is 1. The summed E-state index contributed by atoms with van der Waals surface area (Å²) in [4.78, 5) is 23.4. The Kier molecular flexibility index (Phi) is 5.86. The van der Waals surface area contributed by atoms with Gasteiger partial charge in [-0.3, -0.25) is 14.3 Å². The van der Waals surface area contributed by atoms with Crippen LogP contribution in [0.15, 0.2) is 35.1 Å². The second-order valence-electron chi connectivity index (χ2n) is 8.37. The summed E-state index contributed by atoms with van der Waals surface area (Å²) in [5.41, 5.74) is 1.44. The van der Waals surface area contributed by atoms with Gasteiger partial charge in [-0.15, -0.1) is 11.3 Å². The molecule has 2 aliphatic rings. The number of hydrogen-bond donors (Lipinski definition) is 0. The predicted octanol–water partition coefficient (Wildman–Crippen LogP) is 4.40. The number of aromatic nitrogens is 2. The van der Waals surface area contributed by atoms with Crippen molar-refractivity contribution in [1.82, 2.24) is 14.5 Å². The van der Waals surface area contributed by atoms with Crippen LogP contribution in [0.3, 0.4) is 0 Å². The Morgan fingerprint density at radius 2 is 1.83 bits per heavy atom. The van der Waals surface area contributed by atoms with Gasteiger partial charge in [0.05, 0.1) is 18.5 Å². The Bertz CT molecular complexity index is 1070. The molecule has 2 aromatic heterocycles. The van der Waals surface area contributed by atoms with Gasteiger partial charge in [-0.25, -0.2) is 4.98 Å². The zero-order valence-electron chi connectivity index (χ0n) is 17.4. The summed E-state index contributed by atoms with van der Waals surface area (Å²) in [6.45, 7) is 4.23. The van der Waals surface area contributed by atoms with Crippen LogP contribution < -0.4 is 10.3 Å². The lowest BCUT2D eigenvalue weighted by Gasteiger charge is -2.18. The highest BCUT2D eigenvalue weighted by Gasteiger charge is 2.23. The molecule has 3 aromatic rings. The van der Waals surface area contributed by atoms with Gasteiger partial charge < -0.3 is 4.74 Å². The summed E-state index contributed by atoms with van der Waals surface area (Å²) in [6.07, 6.45) is 7.80. The van der Waals surface area contributed by atoms with Crippen LogP contribution in [0.5, 0.6) is 5.75 Å². The average Bonchev–Trinajstić information content (AvgIpc) is 3.41. The largest absolute Gasteiger partial charge is 0.494 e. The monoisotopic (exact) mass is 423 g/mol. The van der Waals surface area contributed by atoms with Gasteiger partial charge in [-0.2, -0.15) is 0 Å². The van der Waals surface area contributed by atoms with Crippen LogP contribution in [0.25, 0.3) is 10.2 Å². The molecule has 1 aliphatic heterocycles. The highest BCUT2D eigenvalue weighted by atomic mass is 32.1. The summed E-state index contributed by atoms with van der Waals surface area (Å²) in [6, 6.07) is 9.88. The molecule has 30 heavy (non-hydrogen) atoms. The summed E-state index contributed by atoms with van der Waals surface area (Å²) in [5.74, 6) is 1.80. The van der Waals surface area contributed by atoms with Crippen molar-refractivity contribution in [2.45, 2.75) is 58.0 Å². The van der Waals surface area contributed by atoms with E-state index < -0.39 is 0 Å². The third-order valence-corrected chi connectivity index (χ3v) is 7.44. The van der Waals surface area contributed by atoms with Crippen LogP contribution in [-0.4, -0.2) is 34.1 Å². The van der Waals surface area contributed by atoms with Crippen molar-refractivity contribution in [3.8, 4) is 5.75 Å². The zero-order chi connectivity index (χ0) is 20.3. The van der Waals surface area contributed by atoms with Crippen molar-refractivity contribution in [3.63, 3.8) is 0 Å². The molecule has 0 N–H and O–H groups in total. The van der Waals surface area contributed by atoms with Crippen molar-refractivity contribution in [1.29, 1.82) is 0 Å². The molecule has 1 aliphatic carbocycles. The van der Waals surface area contributed by atoms with Crippen LogP contribution in [-0.2, 0) is 25.9 Å². The lowest BCUT2D eigenvalue weighted by atomic mass is 9.97. The predicted molar refractivity (Wildman–Crippen MR) is 122 cm³/mol. The third-order valence-electron chi connectivity index (χ3n) is 6.26. The Hall–Kier alpha value is -2.18. The van der Waals surface area contributed by atoms with E-state index in [9.17, 15) is 4.79 Å². The molecule has 5 nitrogen and oxygen atoms in total. The van der Waals surface area contributed by atoms with E-state index >= 15 is 0 Å². The van der Waals surface area contributed by atoms with E-state index in [1.54, 1.807) is 11.3 Å². The summed E-state index contributed by atoms with van der Waals surface area (Å²) in [5, 5.41) is 0.892. The first-order valence-corrected chi connectivity index (χ1v) is 12.1.